The van der Waals surface area contributed by atoms with Crippen molar-refractivity contribution in [1.29, 1.82) is 0 Å². The van der Waals surface area contributed by atoms with E-state index in [1.54, 1.807) is 0 Å². The van der Waals surface area contributed by atoms with Gasteiger partial charge in [0.1, 0.15) is 17.1 Å². The van der Waals surface area contributed by atoms with Crippen molar-refractivity contribution in [2.75, 3.05) is 0 Å². The molecular weight excluding hydrogens is 276 g/mol. The van der Waals surface area contributed by atoms with E-state index in [-0.39, 0.29) is 5.75 Å². The molecule has 1 aromatic carbocycles. The summed E-state index contributed by atoms with van der Waals surface area (Å²) in [7, 11) is 0. The minimum atomic E-state index is -1.94. The van der Waals surface area contributed by atoms with E-state index in [1.807, 2.05) is 0 Å². The molecule has 1 rings (SSSR count). The summed E-state index contributed by atoms with van der Waals surface area (Å²) in [5.74, 6) is -9.15. The first kappa shape index (κ1) is 14.8. The molecule has 0 amide bonds. The SMILES string of the molecule is O=C(O)/C(O)=C(\O)C(=O)Oc1ccc(C(=O)O)c(O)c1. The lowest BCUT2D eigenvalue weighted by Gasteiger charge is -2.06. The molecule has 0 bridgehead atoms. The molecule has 0 aliphatic rings. The van der Waals surface area contributed by atoms with Gasteiger partial charge in [-0.3, -0.25) is 0 Å². The quantitative estimate of drug-likeness (QED) is 0.228. The lowest BCUT2D eigenvalue weighted by Crippen LogP contribution is -2.16. The third-order valence-corrected chi connectivity index (χ3v) is 2.03. The van der Waals surface area contributed by atoms with E-state index >= 15 is 0 Å². The van der Waals surface area contributed by atoms with Gasteiger partial charge in [0.2, 0.25) is 0 Å². The summed E-state index contributed by atoms with van der Waals surface area (Å²) in [6, 6.07) is 2.69. The number of benzene rings is 1. The van der Waals surface area contributed by atoms with E-state index in [0.29, 0.717) is 0 Å². The van der Waals surface area contributed by atoms with E-state index in [4.69, 9.17) is 20.4 Å². The summed E-state index contributed by atoms with van der Waals surface area (Å²) in [4.78, 5) is 32.1. The molecule has 106 valence electrons. The standard InChI is InChI=1S/C11H8O9/c12-6-3-4(1-2-5(6)9(15)16)20-11(19)8(14)7(13)10(17)18/h1-3,12-14H,(H,15,16)(H,17,18)/b8-7+. The average Bonchev–Trinajstić information content (AvgIpc) is 2.36. The number of phenols is 1. The summed E-state index contributed by atoms with van der Waals surface area (Å²) in [6.07, 6.45) is 0. The molecule has 0 saturated heterocycles. The van der Waals surface area contributed by atoms with Crippen LogP contribution < -0.4 is 4.74 Å². The summed E-state index contributed by atoms with van der Waals surface area (Å²) in [5, 5.41) is 44.2. The topological polar surface area (TPSA) is 162 Å². The molecule has 1 aromatic rings. The number of carboxylic acid groups (broad SMARTS) is 2. The van der Waals surface area contributed by atoms with Crippen LogP contribution in [0.4, 0.5) is 0 Å². The fraction of sp³-hybridized carbons (Fsp3) is 0. The van der Waals surface area contributed by atoms with Gasteiger partial charge in [0.25, 0.3) is 11.5 Å². The van der Waals surface area contributed by atoms with Crippen LogP contribution in [0, 0.1) is 0 Å². The van der Waals surface area contributed by atoms with Crippen molar-refractivity contribution >= 4 is 17.9 Å². The van der Waals surface area contributed by atoms with Crippen LogP contribution in [0.2, 0.25) is 0 Å². The number of aliphatic hydroxyl groups is 2. The molecular formula is C11H8O9. The normalized spacial score (nSPS) is 11.4. The van der Waals surface area contributed by atoms with E-state index in [1.165, 1.54) is 0 Å². The molecule has 0 heterocycles. The molecule has 20 heavy (non-hydrogen) atoms. The Labute approximate surface area is 110 Å². The van der Waals surface area contributed by atoms with Crippen molar-refractivity contribution in [1.82, 2.24) is 0 Å². The van der Waals surface area contributed by atoms with Gasteiger partial charge in [0, 0.05) is 6.07 Å². The van der Waals surface area contributed by atoms with Crippen molar-refractivity contribution in [3.05, 3.63) is 35.3 Å². The van der Waals surface area contributed by atoms with Gasteiger partial charge in [-0.25, -0.2) is 14.4 Å². The van der Waals surface area contributed by atoms with Gasteiger partial charge < -0.3 is 30.3 Å². The van der Waals surface area contributed by atoms with Gasteiger partial charge in [-0.05, 0) is 12.1 Å². The zero-order chi connectivity index (χ0) is 15.4. The molecule has 0 aromatic heterocycles. The highest BCUT2D eigenvalue weighted by Crippen LogP contribution is 2.24. The third kappa shape index (κ3) is 3.16. The Bertz CT molecular complexity index is 614. The second-order valence-corrected chi connectivity index (χ2v) is 3.38. The first-order chi connectivity index (χ1) is 9.23. The molecule has 0 spiro atoms. The molecule has 9 nitrogen and oxygen atoms in total. The predicted octanol–water partition coefficient (Wildman–Crippen LogP) is 0.408. The lowest BCUT2D eigenvalue weighted by atomic mass is 10.2. The monoisotopic (exact) mass is 284 g/mol. The summed E-state index contributed by atoms with van der Waals surface area (Å²) >= 11 is 0. The van der Waals surface area contributed by atoms with Crippen molar-refractivity contribution in [2.45, 2.75) is 0 Å². The van der Waals surface area contributed by atoms with Crippen LogP contribution in [0.1, 0.15) is 10.4 Å². The first-order valence-corrected chi connectivity index (χ1v) is 4.88. The van der Waals surface area contributed by atoms with Gasteiger partial charge in [-0.2, -0.15) is 0 Å². The zero-order valence-electron chi connectivity index (χ0n) is 9.60. The number of aromatic carboxylic acids is 1. The number of carboxylic acids is 2. The van der Waals surface area contributed by atoms with Crippen molar-refractivity contribution in [3.63, 3.8) is 0 Å². The zero-order valence-corrected chi connectivity index (χ0v) is 9.60. The van der Waals surface area contributed by atoms with E-state index in [0.717, 1.165) is 18.2 Å². The minimum Gasteiger partial charge on any atom is -0.507 e. The molecule has 9 heteroatoms. The maximum atomic E-state index is 11.2. The number of aromatic hydroxyl groups is 1. The Hall–Kier alpha value is -3.23. The number of esters is 1. The molecule has 0 aliphatic heterocycles. The summed E-state index contributed by atoms with van der Waals surface area (Å²) in [6.45, 7) is 0. The van der Waals surface area contributed by atoms with Crippen LogP contribution in [0.3, 0.4) is 0 Å². The van der Waals surface area contributed by atoms with Gasteiger partial charge in [-0.15, -0.1) is 0 Å². The van der Waals surface area contributed by atoms with E-state index in [2.05, 4.69) is 4.74 Å². The van der Waals surface area contributed by atoms with Crippen LogP contribution in [0.25, 0.3) is 0 Å². The molecule has 0 saturated carbocycles. The van der Waals surface area contributed by atoms with Gasteiger partial charge in [0.15, 0.2) is 0 Å². The van der Waals surface area contributed by atoms with Gasteiger partial charge >= 0.3 is 17.9 Å². The predicted molar refractivity (Wildman–Crippen MR) is 60.6 cm³/mol. The van der Waals surface area contributed by atoms with Crippen LogP contribution in [-0.2, 0) is 9.59 Å². The molecule has 5 N–H and O–H groups in total. The highest BCUT2D eigenvalue weighted by molar-refractivity contribution is 5.97. The second-order valence-electron chi connectivity index (χ2n) is 3.38. The number of aliphatic carboxylic acids is 1. The number of aliphatic hydroxyl groups excluding tert-OH is 2. The van der Waals surface area contributed by atoms with E-state index in [9.17, 15) is 19.5 Å². The van der Waals surface area contributed by atoms with Crippen LogP contribution in [-0.4, -0.2) is 43.4 Å². The largest absolute Gasteiger partial charge is 0.507 e. The Morgan fingerprint density at radius 2 is 1.55 bits per heavy atom. The molecule has 0 fully saturated rings. The number of hydrogen-bond donors (Lipinski definition) is 5. The number of carbonyl (C=O) groups excluding carboxylic acids is 1. The maximum Gasteiger partial charge on any atom is 0.383 e. The maximum absolute atomic E-state index is 11.2. The van der Waals surface area contributed by atoms with Crippen molar-refractivity contribution in [2.24, 2.45) is 0 Å². The smallest absolute Gasteiger partial charge is 0.383 e. The highest BCUT2D eigenvalue weighted by Gasteiger charge is 2.22. The number of rotatable bonds is 4. The van der Waals surface area contributed by atoms with Crippen molar-refractivity contribution in [3.8, 4) is 11.5 Å². The number of carbonyl (C=O) groups is 3. The molecule has 0 radical (unpaired) electrons. The van der Waals surface area contributed by atoms with Crippen LogP contribution >= 0.6 is 0 Å². The first-order valence-electron chi connectivity index (χ1n) is 4.88. The van der Waals surface area contributed by atoms with Gasteiger partial charge in [-0.1, -0.05) is 0 Å². The van der Waals surface area contributed by atoms with Gasteiger partial charge in [0.05, 0.1) is 0 Å². The molecule has 0 aliphatic carbocycles. The Morgan fingerprint density at radius 3 is 2.00 bits per heavy atom. The fourth-order valence-electron chi connectivity index (χ4n) is 1.11. The fourth-order valence-corrected chi connectivity index (χ4v) is 1.11. The number of hydrogen-bond acceptors (Lipinski definition) is 7. The Morgan fingerprint density at radius 1 is 0.950 bits per heavy atom. The van der Waals surface area contributed by atoms with E-state index < -0.39 is 40.7 Å². The Kier molecular flexibility index (Phi) is 4.16. The van der Waals surface area contributed by atoms with Crippen molar-refractivity contribution < 1.29 is 44.7 Å². The minimum absolute atomic E-state index is 0.359. The lowest BCUT2D eigenvalue weighted by molar-refractivity contribution is -0.139. The average molecular weight is 284 g/mol. The summed E-state index contributed by atoms with van der Waals surface area (Å²) in [5.41, 5.74) is -0.446. The Balaban J connectivity index is 2.98. The van der Waals surface area contributed by atoms with Crippen LogP contribution in [0.5, 0.6) is 11.5 Å². The van der Waals surface area contributed by atoms with Crippen LogP contribution in [0.15, 0.2) is 29.7 Å². The number of ether oxygens (including phenoxy) is 1. The summed E-state index contributed by atoms with van der Waals surface area (Å²) < 4.78 is 4.44. The highest BCUT2D eigenvalue weighted by atomic mass is 16.5. The molecule has 0 atom stereocenters. The molecule has 0 unspecified atom stereocenters. The second kappa shape index (κ2) is 5.61. The third-order valence-electron chi connectivity index (χ3n) is 2.03.